The Balaban J connectivity index is 2.31. The highest BCUT2D eigenvalue weighted by atomic mass is 32.2. The van der Waals surface area contributed by atoms with Crippen molar-refractivity contribution in [2.75, 3.05) is 19.4 Å². The van der Waals surface area contributed by atoms with Crippen molar-refractivity contribution in [1.82, 2.24) is 5.32 Å². The first-order chi connectivity index (χ1) is 8.57. The van der Waals surface area contributed by atoms with Crippen LogP contribution in [-0.4, -0.2) is 24.5 Å². The van der Waals surface area contributed by atoms with Crippen LogP contribution >= 0.6 is 11.8 Å². The third-order valence-electron chi connectivity index (χ3n) is 3.10. The molecule has 0 atom stereocenters. The van der Waals surface area contributed by atoms with E-state index in [0.717, 1.165) is 25.9 Å². The average Bonchev–Trinajstić information content (AvgIpc) is 2.37. The minimum Gasteiger partial charge on any atom is -0.396 e. The van der Waals surface area contributed by atoms with Gasteiger partial charge in [0.15, 0.2) is 0 Å². The highest BCUT2D eigenvalue weighted by Gasteiger charge is 2.16. The van der Waals surface area contributed by atoms with E-state index in [1.165, 1.54) is 10.5 Å². The van der Waals surface area contributed by atoms with Crippen LogP contribution in [0.3, 0.4) is 0 Å². The fourth-order valence-corrected chi connectivity index (χ4v) is 2.34. The minimum absolute atomic E-state index is 0.252. The number of rotatable bonds is 8. The van der Waals surface area contributed by atoms with Crippen LogP contribution in [0.5, 0.6) is 0 Å². The molecule has 102 valence electrons. The van der Waals surface area contributed by atoms with E-state index in [4.69, 9.17) is 5.11 Å². The lowest BCUT2D eigenvalue weighted by atomic mass is 9.88. The molecule has 18 heavy (non-hydrogen) atoms. The fraction of sp³-hybridized carbons (Fsp3) is 0.600. The van der Waals surface area contributed by atoms with Crippen molar-refractivity contribution in [2.45, 2.75) is 38.1 Å². The van der Waals surface area contributed by atoms with Crippen LogP contribution in [-0.2, 0) is 6.54 Å². The Bertz CT molecular complexity index is 335. The van der Waals surface area contributed by atoms with Gasteiger partial charge in [-0.25, -0.2) is 0 Å². The van der Waals surface area contributed by atoms with E-state index in [1.54, 1.807) is 11.8 Å². The first-order valence-corrected chi connectivity index (χ1v) is 7.74. The van der Waals surface area contributed by atoms with Crippen molar-refractivity contribution in [1.29, 1.82) is 0 Å². The van der Waals surface area contributed by atoms with E-state index in [9.17, 15) is 0 Å². The van der Waals surface area contributed by atoms with Crippen molar-refractivity contribution in [3.63, 3.8) is 0 Å². The molecular weight excluding hydrogens is 242 g/mol. The number of hydrogen-bond donors (Lipinski definition) is 2. The second kappa shape index (κ2) is 7.82. The summed E-state index contributed by atoms with van der Waals surface area (Å²) in [5, 5.41) is 12.4. The zero-order valence-electron chi connectivity index (χ0n) is 11.7. The number of benzene rings is 1. The quantitative estimate of drug-likeness (QED) is 0.709. The number of nitrogens with one attached hydrogen (secondary N) is 1. The van der Waals surface area contributed by atoms with E-state index in [0.29, 0.717) is 6.61 Å². The molecule has 0 spiro atoms. The van der Waals surface area contributed by atoms with Gasteiger partial charge in [-0.2, -0.15) is 0 Å². The molecule has 0 heterocycles. The molecule has 0 unspecified atom stereocenters. The summed E-state index contributed by atoms with van der Waals surface area (Å²) in [4.78, 5) is 1.31. The standard InChI is InChI=1S/C15H25NOS/c1-15(2,9-4-10-17)12-16-11-13-5-7-14(18-3)8-6-13/h5-8,16-17H,4,9-12H2,1-3H3. The van der Waals surface area contributed by atoms with Gasteiger partial charge in [0.1, 0.15) is 0 Å². The molecule has 0 aliphatic heterocycles. The summed E-state index contributed by atoms with van der Waals surface area (Å²) < 4.78 is 0. The van der Waals surface area contributed by atoms with Gasteiger partial charge in [0.25, 0.3) is 0 Å². The highest BCUT2D eigenvalue weighted by Crippen LogP contribution is 2.21. The molecule has 1 aromatic rings. The topological polar surface area (TPSA) is 32.3 Å². The van der Waals surface area contributed by atoms with Gasteiger partial charge < -0.3 is 10.4 Å². The predicted molar refractivity (Wildman–Crippen MR) is 80.0 cm³/mol. The van der Waals surface area contributed by atoms with E-state index < -0.39 is 0 Å². The van der Waals surface area contributed by atoms with Crippen LogP contribution in [0.1, 0.15) is 32.3 Å². The summed E-state index contributed by atoms with van der Waals surface area (Å²) in [5.74, 6) is 0. The van der Waals surface area contributed by atoms with Gasteiger partial charge in [-0.15, -0.1) is 11.8 Å². The predicted octanol–water partition coefficient (Wildman–Crippen LogP) is 3.30. The second-order valence-electron chi connectivity index (χ2n) is 5.44. The summed E-state index contributed by atoms with van der Waals surface area (Å²) in [5.41, 5.74) is 1.58. The van der Waals surface area contributed by atoms with E-state index in [1.807, 2.05) is 0 Å². The molecule has 0 fully saturated rings. The molecule has 3 heteroatoms. The van der Waals surface area contributed by atoms with Gasteiger partial charge >= 0.3 is 0 Å². The SMILES string of the molecule is CSc1ccc(CNCC(C)(C)CCCO)cc1. The number of thioether (sulfide) groups is 1. The Kier molecular flexibility index (Phi) is 6.76. The van der Waals surface area contributed by atoms with Gasteiger partial charge in [-0.3, -0.25) is 0 Å². The third kappa shape index (κ3) is 5.89. The van der Waals surface area contributed by atoms with E-state index in [2.05, 4.69) is 49.7 Å². The molecule has 0 amide bonds. The normalized spacial score (nSPS) is 11.8. The zero-order chi connectivity index (χ0) is 13.4. The average molecular weight is 267 g/mol. The maximum atomic E-state index is 8.86. The van der Waals surface area contributed by atoms with Crippen molar-refractivity contribution in [2.24, 2.45) is 5.41 Å². The van der Waals surface area contributed by atoms with Gasteiger partial charge in [-0.1, -0.05) is 26.0 Å². The molecule has 2 nitrogen and oxygen atoms in total. The third-order valence-corrected chi connectivity index (χ3v) is 3.85. The second-order valence-corrected chi connectivity index (χ2v) is 6.32. The lowest BCUT2D eigenvalue weighted by molar-refractivity contribution is 0.236. The molecule has 0 saturated heterocycles. The lowest BCUT2D eigenvalue weighted by Gasteiger charge is -2.24. The van der Waals surface area contributed by atoms with Crippen molar-refractivity contribution in [3.8, 4) is 0 Å². The zero-order valence-corrected chi connectivity index (χ0v) is 12.5. The summed E-state index contributed by atoms with van der Waals surface area (Å²) >= 11 is 1.77. The maximum absolute atomic E-state index is 8.86. The number of aliphatic hydroxyl groups is 1. The van der Waals surface area contributed by atoms with Crippen LogP contribution in [0.15, 0.2) is 29.2 Å². The Morgan fingerprint density at radius 1 is 1.22 bits per heavy atom. The molecule has 0 bridgehead atoms. The van der Waals surface area contributed by atoms with Crippen LogP contribution in [0.4, 0.5) is 0 Å². The van der Waals surface area contributed by atoms with Crippen LogP contribution in [0, 0.1) is 5.41 Å². The largest absolute Gasteiger partial charge is 0.396 e. The fourth-order valence-electron chi connectivity index (χ4n) is 1.93. The summed E-state index contributed by atoms with van der Waals surface area (Å²) in [6, 6.07) is 8.69. The summed E-state index contributed by atoms with van der Waals surface area (Å²) in [7, 11) is 0. The molecule has 0 aliphatic rings. The molecule has 1 rings (SSSR count). The summed E-state index contributed by atoms with van der Waals surface area (Å²) in [6.45, 7) is 6.67. The maximum Gasteiger partial charge on any atom is 0.0431 e. The van der Waals surface area contributed by atoms with Gasteiger partial charge in [0, 0.05) is 24.6 Å². The Labute approximate surface area is 115 Å². The molecule has 0 aliphatic carbocycles. The van der Waals surface area contributed by atoms with Crippen LogP contribution in [0.2, 0.25) is 0 Å². The Morgan fingerprint density at radius 3 is 2.44 bits per heavy atom. The lowest BCUT2D eigenvalue weighted by Crippen LogP contribution is -2.29. The molecular formula is C15H25NOS. The van der Waals surface area contributed by atoms with Gasteiger partial charge in [0.05, 0.1) is 0 Å². The van der Waals surface area contributed by atoms with E-state index in [-0.39, 0.29) is 5.41 Å². The van der Waals surface area contributed by atoms with Gasteiger partial charge in [-0.05, 0) is 42.2 Å². The first kappa shape index (κ1) is 15.5. The molecule has 1 aromatic carbocycles. The highest BCUT2D eigenvalue weighted by molar-refractivity contribution is 7.98. The Morgan fingerprint density at radius 2 is 1.89 bits per heavy atom. The number of aliphatic hydroxyl groups excluding tert-OH is 1. The minimum atomic E-state index is 0.252. The molecule has 2 N–H and O–H groups in total. The Hall–Kier alpha value is -0.510. The smallest absolute Gasteiger partial charge is 0.0431 e. The van der Waals surface area contributed by atoms with Crippen LogP contribution in [0.25, 0.3) is 0 Å². The summed E-state index contributed by atoms with van der Waals surface area (Å²) in [6.07, 6.45) is 4.04. The first-order valence-electron chi connectivity index (χ1n) is 6.52. The van der Waals surface area contributed by atoms with E-state index >= 15 is 0 Å². The van der Waals surface area contributed by atoms with Crippen molar-refractivity contribution in [3.05, 3.63) is 29.8 Å². The van der Waals surface area contributed by atoms with Gasteiger partial charge in [0.2, 0.25) is 0 Å². The molecule has 0 radical (unpaired) electrons. The monoisotopic (exact) mass is 267 g/mol. The molecule has 0 aromatic heterocycles. The number of hydrogen-bond acceptors (Lipinski definition) is 3. The molecule has 0 saturated carbocycles. The van der Waals surface area contributed by atoms with Crippen molar-refractivity contribution >= 4 is 11.8 Å². The van der Waals surface area contributed by atoms with Crippen molar-refractivity contribution < 1.29 is 5.11 Å². The van der Waals surface area contributed by atoms with Crippen LogP contribution < -0.4 is 5.32 Å².